The van der Waals surface area contributed by atoms with Crippen LogP contribution in [0.15, 0.2) is 12.1 Å². The SMILES string of the molecule is CC.CCCCC.Cc1cc(C(F)(F)F)c(Cl)cc1OC1CCNCC1. The topological polar surface area (TPSA) is 21.3 Å². The van der Waals surface area contributed by atoms with Crippen LogP contribution in [0, 0.1) is 6.92 Å². The molecule has 26 heavy (non-hydrogen) atoms. The quantitative estimate of drug-likeness (QED) is 0.591. The molecule has 1 aliphatic heterocycles. The molecule has 2 rings (SSSR count). The van der Waals surface area contributed by atoms with Gasteiger partial charge in [0.15, 0.2) is 0 Å². The van der Waals surface area contributed by atoms with E-state index in [-0.39, 0.29) is 11.1 Å². The molecule has 2 nitrogen and oxygen atoms in total. The van der Waals surface area contributed by atoms with Crippen molar-refractivity contribution >= 4 is 11.6 Å². The zero-order valence-electron chi connectivity index (χ0n) is 16.6. The van der Waals surface area contributed by atoms with Gasteiger partial charge >= 0.3 is 6.18 Å². The summed E-state index contributed by atoms with van der Waals surface area (Å²) in [5.41, 5.74) is -0.361. The van der Waals surface area contributed by atoms with Gasteiger partial charge in [0.2, 0.25) is 0 Å². The highest BCUT2D eigenvalue weighted by Gasteiger charge is 2.34. The van der Waals surface area contributed by atoms with Crippen LogP contribution in [-0.2, 0) is 6.18 Å². The molecule has 0 atom stereocenters. The molecule has 0 aromatic heterocycles. The molecule has 1 saturated heterocycles. The van der Waals surface area contributed by atoms with Crippen LogP contribution < -0.4 is 10.1 Å². The Morgan fingerprint density at radius 1 is 1.12 bits per heavy atom. The van der Waals surface area contributed by atoms with Crippen LogP contribution in [0.2, 0.25) is 5.02 Å². The van der Waals surface area contributed by atoms with Gasteiger partial charge in [-0.15, -0.1) is 0 Å². The molecule has 0 amide bonds. The van der Waals surface area contributed by atoms with E-state index < -0.39 is 11.7 Å². The fraction of sp³-hybridized carbons (Fsp3) is 0.700. The van der Waals surface area contributed by atoms with E-state index in [0.29, 0.717) is 11.3 Å². The van der Waals surface area contributed by atoms with Crippen molar-refractivity contribution in [1.29, 1.82) is 0 Å². The molecule has 1 aliphatic rings. The van der Waals surface area contributed by atoms with Crippen molar-refractivity contribution in [3.8, 4) is 5.75 Å². The van der Waals surface area contributed by atoms with Crippen molar-refractivity contribution in [3.63, 3.8) is 0 Å². The van der Waals surface area contributed by atoms with Gasteiger partial charge in [0, 0.05) is 0 Å². The highest BCUT2D eigenvalue weighted by atomic mass is 35.5. The number of rotatable bonds is 4. The van der Waals surface area contributed by atoms with Crippen molar-refractivity contribution in [2.45, 2.75) is 79.0 Å². The molecular formula is C20H33ClF3NO. The molecule has 0 unspecified atom stereocenters. The molecule has 0 radical (unpaired) electrons. The van der Waals surface area contributed by atoms with Gasteiger partial charge in [0.25, 0.3) is 0 Å². The van der Waals surface area contributed by atoms with Crippen LogP contribution in [0.1, 0.15) is 70.9 Å². The second-order valence-electron chi connectivity index (χ2n) is 6.02. The first-order valence-corrected chi connectivity index (χ1v) is 9.92. The summed E-state index contributed by atoms with van der Waals surface area (Å²) in [7, 11) is 0. The van der Waals surface area contributed by atoms with Crippen LogP contribution in [0.3, 0.4) is 0 Å². The van der Waals surface area contributed by atoms with E-state index in [9.17, 15) is 13.2 Å². The molecular weight excluding hydrogens is 363 g/mol. The Bertz CT molecular complexity index is 499. The maximum absolute atomic E-state index is 12.7. The molecule has 0 aliphatic carbocycles. The number of aryl methyl sites for hydroxylation is 1. The number of unbranched alkanes of at least 4 members (excludes halogenated alkanes) is 2. The van der Waals surface area contributed by atoms with Crippen molar-refractivity contribution in [1.82, 2.24) is 5.32 Å². The molecule has 0 saturated carbocycles. The number of halogens is 4. The zero-order chi connectivity index (χ0) is 20.2. The zero-order valence-corrected chi connectivity index (χ0v) is 17.4. The number of piperidine rings is 1. The summed E-state index contributed by atoms with van der Waals surface area (Å²) in [5, 5.41) is 2.88. The van der Waals surface area contributed by atoms with Gasteiger partial charge in [-0.2, -0.15) is 13.2 Å². The van der Waals surface area contributed by atoms with Crippen LogP contribution in [0.25, 0.3) is 0 Å². The molecule has 1 N–H and O–H groups in total. The maximum atomic E-state index is 12.7. The Morgan fingerprint density at radius 3 is 2.08 bits per heavy atom. The summed E-state index contributed by atoms with van der Waals surface area (Å²) in [6.07, 6.45) is 1.37. The second kappa shape index (κ2) is 13.3. The van der Waals surface area contributed by atoms with Crippen LogP contribution in [0.5, 0.6) is 5.75 Å². The standard InChI is InChI=1S/C13H15ClF3NO.C5H12.C2H6/c1-8-6-10(13(15,16)17)11(14)7-12(8)19-9-2-4-18-5-3-9;1-3-5-4-2;1-2/h6-7,9,18H,2-5H2,1H3;3-5H2,1-2H3;1-2H3. The third-order valence-electron chi connectivity index (χ3n) is 3.86. The molecule has 152 valence electrons. The average molecular weight is 396 g/mol. The Hall–Kier alpha value is -0.940. The summed E-state index contributed by atoms with van der Waals surface area (Å²) in [5.74, 6) is 0.435. The summed E-state index contributed by atoms with van der Waals surface area (Å²) in [6, 6.07) is 2.31. The van der Waals surface area contributed by atoms with Gasteiger partial charge in [0.1, 0.15) is 11.9 Å². The minimum atomic E-state index is -4.44. The van der Waals surface area contributed by atoms with Gasteiger partial charge in [-0.25, -0.2) is 0 Å². The van der Waals surface area contributed by atoms with Gasteiger partial charge in [0.05, 0.1) is 10.6 Å². The summed E-state index contributed by atoms with van der Waals surface area (Å²) in [4.78, 5) is 0. The lowest BCUT2D eigenvalue weighted by molar-refractivity contribution is -0.137. The lowest BCUT2D eigenvalue weighted by Gasteiger charge is -2.25. The molecule has 1 fully saturated rings. The van der Waals surface area contributed by atoms with Crippen molar-refractivity contribution in [2.75, 3.05) is 13.1 Å². The number of hydrogen-bond acceptors (Lipinski definition) is 2. The Morgan fingerprint density at radius 2 is 1.65 bits per heavy atom. The molecule has 0 bridgehead atoms. The van der Waals surface area contributed by atoms with Gasteiger partial charge < -0.3 is 10.1 Å². The fourth-order valence-electron chi connectivity index (χ4n) is 2.45. The first-order valence-electron chi connectivity index (χ1n) is 9.54. The number of nitrogens with one attached hydrogen (secondary N) is 1. The van der Waals surface area contributed by atoms with Gasteiger partial charge in [-0.05, 0) is 50.6 Å². The minimum absolute atomic E-state index is 0.0350. The van der Waals surface area contributed by atoms with E-state index >= 15 is 0 Å². The van der Waals surface area contributed by atoms with E-state index in [0.717, 1.165) is 32.0 Å². The summed E-state index contributed by atoms with van der Waals surface area (Å²) < 4.78 is 43.8. The highest BCUT2D eigenvalue weighted by Crippen LogP contribution is 2.38. The number of hydrogen-bond donors (Lipinski definition) is 1. The first kappa shape index (κ1) is 25.1. The number of ether oxygens (including phenoxy) is 1. The fourth-order valence-corrected chi connectivity index (χ4v) is 2.71. The summed E-state index contributed by atoms with van der Waals surface area (Å²) >= 11 is 5.69. The van der Waals surface area contributed by atoms with Crippen LogP contribution in [-0.4, -0.2) is 19.2 Å². The van der Waals surface area contributed by atoms with E-state index in [2.05, 4.69) is 19.2 Å². The third kappa shape index (κ3) is 9.13. The van der Waals surface area contributed by atoms with Crippen molar-refractivity contribution in [2.24, 2.45) is 0 Å². The number of benzene rings is 1. The van der Waals surface area contributed by atoms with Crippen molar-refractivity contribution in [3.05, 3.63) is 28.3 Å². The predicted molar refractivity (Wildman–Crippen MR) is 104 cm³/mol. The average Bonchev–Trinajstić information content (AvgIpc) is 2.61. The third-order valence-corrected chi connectivity index (χ3v) is 4.17. The molecule has 0 spiro atoms. The van der Waals surface area contributed by atoms with E-state index in [4.69, 9.17) is 16.3 Å². The second-order valence-corrected chi connectivity index (χ2v) is 6.42. The van der Waals surface area contributed by atoms with E-state index in [1.165, 1.54) is 25.3 Å². The Balaban J connectivity index is 0.000000772. The number of alkyl halides is 3. The van der Waals surface area contributed by atoms with Crippen molar-refractivity contribution < 1.29 is 17.9 Å². The molecule has 1 aromatic carbocycles. The first-order chi connectivity index (χ1) is 12.3. The Kier molecular flexibility index (Phi) is 12.8. The van der Waals surface area contributed by atoms with Crippen LogP contribution >= 0.6 is 11.6 Å². The minimum Gasteiger partial charge on any atom is -0.490 e. The molecule has 1 heterocycles. The van der Waals surface area contributed by atoms with Gasteiger partial charge in [-0.1, -0.05) is 58.6 Å². The highest BCUT2D eigenvalue weighted by molar-refractivity contribution is 6.31. The van der Waals surface area contributed by atoms with Gasteiger partial charge in [-0.3, -0.25) is 0 Å². The molecule has 6 heteroatoms. The van der Waals surface area contributed by atoms with E-state index in [1.54, 1.807) is 6.92 Å². The molecule has 1 aromatic rings. The van der Waals surface area contributed by atoms with E-state index in [1.807, 2.05) is 13.8 Å². The van der Waals surface area contributed by atoms with Crippen LogP contribution in [0.4, 0.5) is 13.2 Å². The smallest absolute Gasteiger partial charge is 0.417 e. The normalized spacial score (nSPS) is 14.7. The largest absolute Gasteiger partial charge is 0.490 e. The predicted octanol–water partition coefficient (Wildman–Crippen LogP) is 7.02. The Labute approximate surface area is 161 Å². The summed E-state index contributed by atoms with van der Waals surface area (Å²) in [6.45, 7) is 11.7. The lowest BCUT2D eigenvalue weighted by atomic mass is 10.1. The monoisotopic (exact) mass is 395 g/mol. The lowest BCUT2D eigenvalue weighted by Crippen LogP contribution is -2.34. The maximum Gasteiger partial charge on any atom is 0.417 e.